The second-order valence-corrected chi connectivity index (χ2v) is 37.8. The molecule has 3 heterocycles. The van der Waals surface area contributed by atoms with Crippen molar-refractivity contribution in [3.05, 3.63) is 601 Å². The highest BCUT2D eigenvalue weighted by molar-refractivity contribution is 6.11. The zero-order chi connectivity index (χ0) is 99.8. The summed E-state index contributed by atoms with van der Waals surface area (Å²) in [6.45, 7) is 0. The van der Waals surface area contributed by atoms with Crippen LogP contribution in [0.2, 0.25) is 0 Å². The molecule has 27 aromatic rings. The van der Waals surface area contributed by atoms with Crippen molar-refractivity contribution in [2.75, 3.05) is 14.7 Å². The van der Waals surface area contributed by atoms with E-state index in [4.69, 9.17) is 13.3 Å². The SMILES string of the molecule is c1ccc(-c2cc(-c3ccccc3)cc(-c3ccc(N(c4ccccc4)c4ccc(-c5ccc6c(c5)oc5ccccc56)cc4)cc3)c2)cc1.c1ccc(-c2cc(-c3ccccc3)cc(-c3ccc(N(c4ccccc4)c4ccc(-c5ccc6oc7ccccc7c6c5)cc4)cc3)c2)cc1.c1ccc(-c2cc(-c3ccccc3)cc(-c3ccc(N(c4ccccc4)c4ccc(-c5cccc6c5oc5ccccc56)cc4)cc3)c2)cc1. The van der Waals surface area contributed by atoms with Gasteiger partial charge in [0, 0.05) is 89.1 Å². The molecule has 6 heteroatoms. The van der Waals surface area contributed by atoms with E-state index in [1.807, 2.05) is 36.4 Å². The maximum absolute atomic E-state index is 6.36. The smallest absolute Gasteiger partial charge is 0.143 e. The van der Waals surface area contributed by atoms with Gasteiger partial charge in [0.05, 0.1) is 0 Å². The highest BCUT2D eigenvalue weighted by Crippen LogP contribution is 2.47. The van der Waals surface area contributed by atoms with Gasteiger partial charge >= 0.3 is 0 Å². The van der Waals surface area contributed by atoms with Gasteiger partial charge in [-0.05, 0) is 334 Å². The first kappa shape index (κ1) is 91.3. The molecule has 3 aromatic heterocycles. The van der Waals surface area contributed by atoms with E-state index < -0.39 is 0 Å². The summed E-state index contributed by atoms with van der Waals surface area (Å²) in [6.07, 6.45) is 0. The third-order valence-electron chi connectivity index (χ3n) is 28.4. The Hall–Kier alpha value is -19.9. The normalized spacial score (nSPS) is 11.2. The number of para-hydroxylation sites is 7. The van der Waals surface area contributed by atoms with Crippen molar-refractivity contribution < 1.29 is 13.3 Å². The predicted octanol–water partition coefficient (Wildman–Crippen LogP) is 41.2. The lowest BCUT2D eigenvalue weighted by Gasteiger charge is -2.26. The standard InChI is InChI=1S/3C48H33NO/c1-4-13-34(14-5-1)38-31-39(35-15-6-2-7-16-35)33-40(32-38)36-23-27-42(28-24-36)49(41-17-8-3-9-18-41)43-29-25-37(26-30-43)44-20-12-21-46-45-19-10-11-22-47(45)50-48(44)46;1-4-12-34(13-5-1)39-30-40(35-14-6-2-7-15-35)32-41(31-39)37-22-27-44(28-23-37)49(42-16-8-3-9-17-42)43-25-20-36(21-26-43)38-24-29-48-46(33-38)45-18-10-11-19-47(45)50-48;1-4-12-34(13-5-1)39-30-40(35-14-6-2-7-15-35)32-41(31-39)37-22-27-44(28-23-37)49(42-16-8-3-9-17-42)43-25-20-36(21-26-43)38-24-29-46-45-18-10-11-19-47(45)50-48(46)33-38/h3*1-33H. The third kappa shape index (κ3) is 19.1. The van der Waals surface area contributed by atoms with Crippen LogP contribution in [-0.4, -0.2) is 0 Å². The molecule has 0 aliphatic rings. The molecule has 708 valence electrons. The first-order valence-electron chi connectivity index (χ1n) is 51.0. The van der Waals surface area contributed by atoms with Crippen LogP contribution in [-0.2, 0) is 0 Å². The van der Waals surface area contributed by atoms with Crippen LogP contribution in [0.4, 0.5) is 51.2 Å². The molecule has 150 heavy (non-hydrogen) atoms. The Morgan fingerprint density at radius 3 is 0.613 bits per heavy atom. The van der Waals surface area contributed by atoms with Crippen LogP contribution in [0.25, 0.3) is 199 Å². The lowest BCUT2D eigenvalue weighted by Crippen LogP contribution is -2.09. The van der Waals surface area contributed by atoms with Crippen LogP contribution in [0, 0.1) is 0 Å². The first-order valence-corrected chi connectivity index (χ1v) is 51.0. The summed E-state index contributed by atoms with van der Waals surface area (Å²) in [4.78, 5) is 6.94. The van der Waals surface area contributed by atoms with Crippen LogP contribution in [0.3, 0.4) is 0 Å². The molecule has 0 aliphatic carbocycles. The summed E-state index contributed by atoms with van der Waals surface area (Å²) >= 11 is 0. The molecule has 24 aromatic carbocycles. The van der Waals surface area contributed by atoms with Crippen molar-refractivity contribution in [2.45, 2.75) is 0 Å². The molecular formula is C144H99N3O3. The van der Waals surface area contributed by atoms with Gasteiger partial charge in [0.1, 0.15) is 33.5 Å². The van der Waals surface area contributed by atoms with Gasteiger partial charge in [0.2, 0.25) is 0 Å². The maximum Gasteiger partial charge on any atom is 0.143 e. The topological polar surface area (TPSA) is 49.1 Å². The van der Waals surface area contributed by atoms with E-state index in [9.17, 15) is 0 Å². The monoisotopic (exact) mass is 1920 g/mol. The summed E-state index contributed by atoms with van der Waals surface area (Å²) in [5.74, 6) is 0. The average molecular weight is 1920 g/mol. The quantitative estimate of drug-likeness (QED) is 0.0715. The number of hydrogen-bond donors (Lipinski definition) is 0. The second kappa shape index (κ2) is 41.4. The number of nitrogens with zero attached hydrogens (tertiary/aromatic N) is 3. The lowest BCUT2D eigenvalue weighted by molar-refractivity contribution is 0.668. The Labute approximate surface area is 872 Å². The summed E-state index contributed by atoms with van der Waals surface area (Å²) < 4.78 is 18.6. The van der Waals surface area contributed by atoms with Crippen molar-refractivity contribution in [1.82, 2.24) is 0 Å². The molecule has 0 saturated heterocycles. The van der Waals surface area contributed by atoms with Gasteiger partial charge in [-0.2, -0.15) is 0 Å². The van der Waals surface area contributed by atoms with Gasteiger partial charge in [-0.3, -0.25) is 0 Å². The molecule has 0 saturated carbocycles. The number of fused-ring (bicyclic) bond motifs is 9. The molecule has 0 radical (unpaired) electrons. The Balaban J connectivity index is 0.000000116. The minimum absolute atomic E-state index is 0.906. The van der Waals surface area contributed by atoms with Crippen LogP contribution >= 0.6 is 0 Å². The first-order chi connectivity index (χ1) is 74.3. The Kier molecular flexibility index (Phi) is 25.2. The lowest BCUT2D eigenvalue weighted by atomic mass is 9.93. The van der Waals surface area contributed by atoms with E-state index in [1.165, 1.54) is 106 Å². The molecule has 27 rings (SSSR count). The van der Waals surface area contributed by atoms with Crippen molar-refractivity contribution in [3.8, 4) is 134 Å². The van der Waals surface area contributed by atoms with Crippen LogP contribution in [0.15, 0.2) is 614 Å². The average Bonchev–Trinajstić information content (AvgIpc) is 1.60. The molecule has 0 amide bonds. The van der Waals surface area contributed by atoms with E-state index in [2.05, 4.69) is 579 Å². The van der Waals surface area contributed by atoms with E-state index in [1.54, 1.807) is 0 Å². The molecule has 0 spiro atoms. The van der Waals surface area contributed by atoms with Gasteiger partial charge < -0.3 is 28.0 Å². The van der Waals surface area contributed by atoms with E-state index in [-0.39, 0.29) is 0 Å². The van der Waals surface area contributed by atoms with Crippen molar-refractivity contribution in [1.29, 1.82) is 0 Å². The van der Waals surface area contributed by atoms with Gasteiger partial charge in [-0.1, -0.05) is 394 Å². The highest BCUT2D eigenvalue weighted by atomic mass is 16.3. The second-order valence-electron chi connectivity index (χ2n) is 37.8. The number of benzene rings is 24. The van der Waals surface area contributed by atoms with E-state index in [0.29, 0.717) is 0 Å². The predicted molar refractivity (Wildman–Crippen MR) is 630 cm³/mol. The summed E-state index contributed by atoms with van der Waals surface area (Å²) in [7, 11) is 0. The van der Waals surface area contributed by atoms with Crippen LogP contribution < -0.4 is 14.7 Å². The van der Waals surface area contributed by atoms with Crippen molar-refractivity contribution in [3.63, 3.8) is 0 Å². The van der Waals surface area contributed by atoms with Gasteiger partial charge in [-0.25, -0.2) is 0 Å². The maximum atomic E-state index is 6.36. The molecule has 0 atom stereocenters. The molecule has 0 aliphatic heterocycles. The number of furan rings is 3. The molecule has 0 bridgehead atoms. The summed E-state index contributed by atoms with van der Waals surface area (Å²) in [5.41, 5.74) is 43.7. The van der Waals surface area contributed by atoms with Crippen LogP contribution in [0.1, 0.15) is 0 Å². The minimum Gasteiger partial charge on any atom is -0.456 e. The zero-order valence-electron chi connectivity index (χ0n) is 82.2. The fourth-order valence-electron chi connectivity index (χ4n) is 20.8. The largest absolute Gasteiger partial charge is 0.456 e. The Morgan fingerprint density at radius 2 is 0.300 bits per heavy atom. The fraction of sp³-hybridized carbons (Fsp3) is 0. The van der Waals surface area contributed by atoms with E-state index in [0.717, 1.165) is 145 Å². The Bertz CT molecular complexity index is 9210. The minimum atomic E-state index is 0.906. The molecule has 0 N–H and O–H groups in total. The molecule has 6 nitrogen and oxygen atoms in total. The van der Waals surface area contributed by atoms with Crippen molar-refractivity contribution >= 4 is 117 Å². The fourth-order valence-corrected chi connectivity index (χ4v) is 20.8. The molecule has 0 unspecified atom stereocenters. The zero-order valence-corrected chi connectivity index (χ0v) is 82.2. The number of hydrogen-bond acceptors (Lipinski definition) is 6. The number of rotatable bonds is 21. The van der Waals surface area contributed by atoms with Crippen LogP contribution in [0.5, 0.6) is 0 Å². The molecular weight excluding hydrogens is 1820 g/mol. The van der Waals surface area contributed by atoms with Gasteiger partial charge in [-0.15, -0.1) is 0 Å². The highest BCUT2D eigenvalue weighted by Gasteiger charge is 2.23. The third-order valence-corrected chi connectivity index (χ3v) is 28.4. The van der Waals surface area contributed by atoms with Gasteiger partial charge in [0.25, 0.3) is 0 Å². The summed E-state index contributed by atoms with van der Waals surface area (Å²) in [5, 5.41) is 6.85. The molecule has 0 fully saturated rings. The van der Waals surface area contributed by atoms with Crippen molar-refractivity contribution in [2.24, 2.45) is 0 Å². The van der Waals surface area contributed by atoms with E-state index >= 15 is 0 Å². The number of anilines is 9. The summed E-state index contributed by atoms with van der Waals surface area (Å²) in [6, 6.07) is 213. The van der Waals surface area contributed by atoms with Gasteiger partial charge in [0.15, 0.2) is 0 Å². The Morgan fingerprint density at radius 1 is 0.100 bits per heavy atom.